The molecule has 0 bridgehead atoms. The van der Waals surface area contributed by atoms with Crippen molar-refractivity contribution in [3.05, 3.63) is 18.5 Å². The summed E-state index contributed by atoms with van der Waals surface area (Å²) >= 11 is 0. The zero-order valence-corrected chi connectivity index (χ0v) is 11.6. The Bertz CT molecular complexity index is 654. The summed E-state index contributed by atoms with van der Waals surface area (Å²) in [7, 11) is 1.92. The van der Waals surface area contributed by atoms with Gasteiger partial charge in [-0.2, -0.15) is 5.10 Å². The van der Waals surface area contributed by atoms with Crippen LogP contribution in [0.5, 0.6) is 0 Å². The molecule has 2 saturated heterocycles. The van der Waals surface area contributed by atoms with Crippen molar-refractivity contribution in [3.8, 4) is 0 Å². The van der Waals surface area contributed by atoms with Gasteiger partial charge in [-0.05, 0) is 12.5 Å². The Balaban J connectivity index is 1.74. The molecule has 4 rings (SSSR count). The largest absolute Gasteiger partial charge is 0.381 e. The molecule has 6 nitrogen and oxygen atoms in total. The van der Waals surface area contributed by atoms with Crippen LogP contribution in [0.2, 0.25) is 0 Å². The third kappa shape index (κ3) is 1.65. The Kier molecular flexibility index (Phi) is 2.52. The molecule has 2 aliphatic heterocycles. The van der Waals surface area contributed by atoms with Gasteiger partial charge >= 0.3 is 0 Å². The highest BCUT2D eigenvalue weighted by molar-refractivity contribution is 5.89. The van der Waals surface area contributed by atoms with E-state index in [1.807, 2.05) is 24.1 Å². The first-order valence-electron chi connectivity index (χ1n) is 7.06. The lowest BCUT2D eigenvalue weighted by Gasteiger charge is -2.34. The third-order valence-electron chi connectivity index (χ3n) is 4.72. The van der Waals surface area contributed by atoms with Gasteiger partial charge in [0, 0.05) is 44.4 Å². The fraction of sp³-hybridized carbons (Fsp3) is 0.571. The Hall–Kier alpha value is -1.66. The van der Waals surface area contributed by atoms with E-state index in [2.05, 4.69) is 21.0 Å². The summed E-state index contributed by atoms with van der Waals surface area (Å²) in [5.41, 5.74) is 8.57. The number of nitrogens with zero attached hydrogens (tertiary/aromatic N) is 4. The van der Waals surface area contributed by atoms with Crippen molar-refractivity contribution < 1.29 is 4.74 Å². The van der Waals surface area contributed by atoms with E-state index in [1.54, 1.807) is 0 Å². The van der Waals surface area contributed by atoms with E-state index in [0.29, 0.717) is 5.92 Å². The normalized spacial score (nSPS) is 29.9. The van der Waals surface area contributed by atoms with Crippen LogP contribution in [0.4, 0.5) is 5.69 Å². The second kappa shape index (κ2) is 4.17. The lowest BCUT2D eigenvalue weighted by molar-refractivity contribution is 0.0241. The number of aromatic nitrogens is 3. The van der Waals surface area contributed by atoms with Crippen LogP contribution in [0, 0.1) is 5.92 Å². The zero-order chi connectivity index (χ0) is 13.7. The quantitative estimate of drug-likeness (QED) is 0.820. The molecule has 6 heteroatoms. The van der Waals surface area contributed by atoms with Gasteiger partial charge in [-0.3, -0.25) is 4.68 Å². The van der Waals surface area contributed by atoms with E-state index in [0.717, 1.165) is 43.8 Å². The van der Waals surface area contributed by atoms with Crippen molar-refractivity contribution in [2.75, 3.05) is 31.2 Å². The fourth-order valence-corrected chi connectivity index (χ4v) is 3.48. The molecule has 106 valence electrons. The third-order valence-corrected chi connectivity index (χ3v) is 4.72. The first kappa shape index (κ1) is 12.1. The minimum Gasteiger partial charge on any atom is -0.381 e. The lowest BCUT2D eigenvalue weighted by Crippen LogP contribution is -2.52. The van der Waals surface area contributed by atoms with Crippen LogP contribution >= 0.6 is 0 Å². The van der Waals surface area contributed by atoms with E-state index in [9.17, 15) is 0 Å². The van der Waals surface area contributed by atoms with Gasteiger partial charge in [0.2, 0.25) is 0 Å². The molecular formula is C14H19N5O. The minimum atomic E-state index is -0.115. The molecule has 0 saturated carbocycles. The Labute approximate surface area is 117 Å². The summed E-state index contributed by atoms with van der Waals surface area (Å²) in [6.45, 7) is 3.38. The van der Waals surface area contributed by atoms with E-state index in [4.69, 9.17) is 10.5 Å². The molecule has 4 heterocycles. The molecule has 2 atom stereocenters. The van der Waals surface area contributed by atoms with Crippen LogP contribution in [0.3, 0.4) is 0 Å². The van der Waals surface area contributed by atoms with E-state index >= 15 is 0 Å². The molecule has 0 aliphatic carbocycles. The van der Waals surface area contributed by atoms with Gasteiger partial charge in [-0.15, -0.1) is 0 Å². The number of hydrogen-bond donors (Lipinski definition) is 1. The van der Waals surface area contributed by atoms with Crippen LogP contribution in [0.1, 0.15) is 6.42 Å². The van der Waals surface area contributed by atoms with Crippen LogP contribution in [0.25, 0.3) is 11.0 Å². The summed E-state index contributed by atoms with van der Waals surface area (Å²) in [6.07, 6.45) is 4.68. The number of ether oxygens (including phenoxy) is 1. The number of fused-ring (bicyclic) bond motifs is 2. The van der Waals surface area contributed by atoms with Crippen LogP contribution in [-0.4, -0.2) is 46.6 Å². The first-order valence-corrected chi connectivity index (χ1v) is 7.06. The van der Waals surface area contributed by atoms with Gasteiger partial charge < -0.3 is 15.4 Å². The Morgan fingerprint density at radius 1 is 1.50 bits per heavy atom. The number of nitrogens with two attached hydrogens (primary N) is 1. The summed E-state index contributed by atoms with van der Waals surface area (Å²) in [6, 6.07) is 2.06. The van der Waals surface area contributed by atoms with Gasteiger partial charge in [0.15, 0.2) is 5.65 Å². The molecule has 0 radical (unpaired) electrons. The SMILES string of the molecule is Cn1ncc2c(N3C[C@@H]4COCC[C@]4(N)C3)ccnc21. The standard InChI is InChI=1S/C14H19N5O/c1-18-13-11(6-17-18)12(2-4-16-13)19-7-10-8-20-5-3-14(10,15)9-19/h2,4,6,10H,3,5,7-9,15H2,1H3/t10-,14+/m1/s1. The highest BCUT2D eigenvalue weighted by atomic mass is 16.5. The highest BCUT2D eigenvalue weighted by Gasteiger charge is 2.45. The molecule has 2 N–H and O–H groups in total. The number of hydrogen-bond acceptors (Lipinski definition) is 5. The van der Waals surface area contributed by atoms with Crippen LogP contribution in [-0.2, 0) is 11.8 Å². The zero-order valence-electron chi connectivity index (χ0n) is 11.6. The van der Waals surface area contributed by atoms with Crippen molar-refractivity contribution in [1.29, 1.82) is 0 Å². The molecular weight excluding hydrogens is 254 g/mol. The maximum Gasteiger partial charge on any atom is 0.159 e. The van der Waals surface area contributed by atoms with Crippen LogP contribution in [0.15, 0.2) is 18.5 Å². The smallest absolute Gasteiger partial charge is 0.159 e. The van der Waals surface area contributed by atoms with Crippen molar-refractivity contribution in [2.45, 2.75) is 12.0 Å². The molecule has 2 aliphatic rings. The molecule has 2 aromatic rings. The van der Waals surface area contributed by atoms with Crippen molar-refractivity contribution >= 4 is 16.7 Å². The summed E-state index contributed by atoms with van der Waals surface area (Å²) in [4.78, 5) is 6.76. The summed E-state index contributed by atoms with van der Waals surface area (Å²) in [5.74, 6) is 0.413. The van der Waals surface area contributed by atoms with E-state index in [1.165, 1.54) is 5.69 Å². The number of rotatable bonds is 1. The molecule has 0 amide bonds. The van der Waals surface area contributed by atoms with E-state index < -0.39 is 0 Å². The average molecular weight is 273 g/mol. The van der Waals surface area contributed by atoms with Crippen molar-refractivity contribution in [3.63, 3.8) is 0 Å². The number of aryl methyl sites for hydroxylation is 1. The highest BCUT2D eigenvalue weighted by Crippen LogP contribution is 2.36. The average Bonchev–Trinajstić information content (AvgIpc) is 2.99. The lowest BCUT2D eigenvalue weighted by atomic mass is 9.84. The fourth-order valence-electron chi connectivity index (χ4n) is 3.48. The minimum absolute atomic E-state index is 0.115. The second-order valence-corrected chi connectivity index (χ2v) is 5.97. The molecule has 20 heavy (non-hydrogen) atoms. The van der Waals surface area contributed by atoms with E-state index in [-0.39, 0.29) is 5.54 Å². The topological polar surface area (TPSA) is 69.2 Å². The number of pyridine rings is 1. The van der Waals surface area contributed by atoms with Crippen molar-refractivity contribution in [1.82, 2.24) is 14.8 Å². The Morgan fingerprint density at radius 3 is 3.25 bits per heavy atom. The summed E-state index contributed by atoms with van der Waals surface area (Å²) in [5, 5.41) is 5.40. The van der Waals surface area contributed by atoms with Gasteiger partial charge in [0.05, 0.1) is 23.9 Å². The van der Waals surface area contributed by atoms with Gasteiger partial charge in [0.25, 0.3) is 0 Å². The monoisotopic (exact) mass is 273 g/mol. The molecule has 2 fully saturated rings. The van der Waals surface area contributed by atoms with Gasteiger partial charge in [-0.1, -0.05) is 0 Å². The predicted octanol–water partition coefficient (Wildman–Crippen LogP) is 0.522. The molecule has 2 aromatic heterocycles. The van der Waals surface area contributed by atoms with Crippen molar-refractivity contribution in [2.24, 2.45) is 18.7 Å². The molecule has 0 aromatic carbocycles. The molecule has 0 spiro atoms. The maximum atomic E-state index is 6.58. The van der Waals surface area contributed by atoms with Gasteiger partial charge in [0.1, 0.15) is 0 Å². The first-order chi connectivity index (χ1) is 9.67. The Morgan fingerprint density at radius 2 is 2.40 bits per heavy atom. The maximum absolute atomic E-state index is 6.58. The van der Waals surface area contributed by atoms with Crippen LogP contribution < -0.4 is 10.6 Å². The number of anilines is 1. The predicted molar refractivity (Wildman–Crippen MR) is 76.6 cm³/mol. The summed E-state index contributed by atoms with van der Waals surface area (Å²) < 4.78 is 7.40. The van der Waals surface area contributed by atoms with Gasteiger partial charge in [-0.25, -0.2) is 4.98 Å². The molecule has 0 unspecified atom stereocenters. The second-order valence-electron chi connectivity index (χ2n) is 5.97.